The summed E-state index contributed by atoms with van der Waals surface area (Å²) in [4.78, 5) is 14.0. The molecule has 1 aliphatic heterocycles. The second kappa shape index (κ2) is 9.66. The van der Waals surface area contributed by atoms with Gasteiger partial charge in [-0.15, -0.1) is 0 Å². The fourth-order valence-corrected chi connectivity index (χ4v) is 5.50. The number of carbonyl (C=O) groups excluding carboxylic acids is 1. The fraction of sp³-hybridized carbons (Fsp3) is 0.167. The molecule has 7 heteroatoms. The summed E-state index contributed by atoms with van der Waals surface area (Å²) >= 11 is 12.2. The molecule has 37 heavy (non-hydrogen) atoms. The van der Waals surface area contributed by atoms with Crippen LogP contribution in [0, 0.1) is 0 Å². The third kappa shape index (κ3) is 4.28. The summed E-state index contributed by atoms with van der Waals surface area (Å²) in [5.74, 6) is 0.606. The molecule has 186 valence electrons. The first-order valence-electron chi connectivity index (χ1n) is 12.3. The minimum Gasteiger partial charge on any atom is -0.497 e. The Morgan fingerprint density at radius 1 is 0.865 bits per heavy atom. The molecule has 1 N–H and O–H groups in total. The molecule has 2 aromatic heterocycles. The molecule has 1 aliphatic rings. The Morgan fingerprint density at radius 3 is 2.19 bits per heavy atom. The van der Waals surface area contributed by atoms with Crippen molar-refractivity contribution < 1.29 is 9.53 Å². The molecule has 0 aliphatic carbocycles. The van der Waals surface area contributed by atoms with Gasteiger partial charge in [0.25, 0.3) is 5.91 Å². The van der Waals surface area contributed by atoms with Crippen molar-refractivity contribution >= 4 is 40.4 Å². The van der Waals surface area contributed by atoms with Gasteiger partial charge in [-0.2, -0.15) is 0 Å². The first-order chi connectivity index (χ1) is 18.0. The van der Waals surface area contributed by atoms with Crippen LogP contribution in [0.4, 0.5) is 5.69 Å². The summed E-state index contributed by atoms with van der Waals surface area (Å²) in [6.07, 6.45) is 5.08. The lowest BCUT2D eigenvalue weighted by atomic mass is 9.97. The van der Waals surface area contributed by atoms with Gasteiger partial charge >= 0.3 is 0 Å². The molecule has 0 saturated heterocycles. The SMILES string of the molecule is COc1ccc(-c2c3c4n(c(-c5ccc(Cl)cc5)cn4c2C(=O)Nc2ccc(Cl)cc2)CCCC3)cc1. The van der Waals surface area contributed by atoms with Crippen LogP contribution in [0.25, 0.3) is 28.0 Å². The van der Waals surface area contributed by atoms with Crippen molar-refractivity contribution in [3.63, 3.8) is 0 Å². The molecule has 0 spiro atoms. The molecule has 0 atom stereocenters. The molecular formula is C30H25Cl2N3O2. The molecule has 0 fully saturated rings. The highest BCUT2D eigenvalue weighted by atomic mass is 35.5. The van der Waals surface area contributed by atoms with E-state index in [2.05, 4.69) is 20.5 Å². The summed E-state index contributed by atoms with van der Waals surface area (Å²) < 4.78 is 9.80. The molecule has 0 bridgehead atoms. The third-order valence-electron chi connectivity index (χ3n) is 6.97. The van der Waals surface area contributed by atoms with Gasteiger partial charge in [0, 0.05) is 39.6 Å². The zero-order valence-electron chi connectivity index (χ0n) is 20.3. The summed E-state index contributed by atoms with van der Waals surface area (Å²) in [7, 11) is 1.65. The highest BCUT2D eigenvalue weighted by molar-refractivity contribution is 6.31. The largest absolute Gasteiger partial charge is 0.497 e. The van der Waals surface area contributed by atoms with Crippen LogP contribution in [0.5, 0.6) is 5.75 Å². The van der Waals surface area contributed by atoms with Gasteiger partial charge in [-0.1, -0.05) is 47.5 Å². The van der Waals surface area contributed by atoms with Crippen molar-refractivity contribution in [2.45, 2.75) is 25.8 Å². The van der Waals surface area contributed by atoms with Gasteiger partial charge in [0.2, 0.25) is 0 Å². The average Bonchev–Trinajstić information content (AvgIpc) is 3.33. The van der Waals surface area contributed by atoms with Crippen LogP contribution >= 0.6 is 23.2 Å². The molecule has 5 aromatic rings. The summed E-state index contributed by atoms with van der Waals surface area (Å²) in [6.45, 7) is 0.881. The van der Waals surface area contributed by atoms with Gasteiger partial charge in [0.1, 0.15) is 17.1 Å². The van der Waals surface area contributed by atoms with Crippen LogP contribution in [0.2, 0.25) is 10.0 Å². The highest BCUT2D eigenvalue weighted by Gasteiger charge is 2.29. The lowest BCUT2D eigenvalue weighted by molar-refractivity contribution is 0.102. The number of hydrogen-bond acceptors (Lipinski definition) is 2. The zero-order chi connectivity index (χ0) is 25.5. The Kier molecular flexibility index (Phi) is 6.19. The first-order valence-corrected chi connectivity index (χ1v) is 13.0. The number of anilines is 1. The van der Waals surface area contributed by atoms with E-state index in [1.165, 1.54) is 5.56 Å². The number of amides is 1. The Morgan fingerprint density at radius 2 is 1.51 bits per heavy atom. The number of aryl methyl sites for hydroxylation is 2. The summed E-state index contributed by atoms with van der Waals surface area (Å²) in [5, 5.41) is 4.41. The third-order valence-corrected chi connectivity index (χ3v) is 7.47. The fourth-order valence-electron chi connectivity index (χ4n) is 5.25. The van der Waals surface area contributed by atoms with Crippen LogP contribution in [0.3, 0.4) is 0 Å². The van der Waals surface area contributed by atoms with E-state index in [0.29, 0.717) is 21.4 Å². The van der Waals surface area contributed by atoms with E-state index in [1.807, 2.05) is 60.7 Å². The Labute approximate surface area is 225 Å². The number of carbonyl (C=O) groups is 1. The maximum Gasteiger partial charge on any atom is 0.273 e. The molecule has 0 radical (unpaired) electrons. The standard InChI is InChI=1S/C30H25Cl2N3O2/c1-37-24-15-7-20(8-16-24)27-25-4-2-3-17-34-26(19-5-9-21(31)10-6-19)18-35(30(25)34)28(27)29(36)33-23-13-11-22(32)12-14-23/h5-16,18H,2-4,17H2,1H3,(H,33,36). The van der Waals surface area contributed by atoms with Gasteiger partial charge in [-0.3, -0.25) is 9.20 Å². The number of nitrogens with one attached hydrogen (secondary N) is 1. The quantitative estimate of drug-likeness (QED) is 0.251. The monoisotopic (exact) mass is 529 g/mol. The molecule has 3 aromatic carbocycles. The Balaban J connectivity index is 1.59. The van der Waals surface area contributed by atoms with Gasteiger partial charge in [-0.05, 0) is 78.9 Å². The van der Waals surface area contributed by atoms with Gasteiger partial charge in [0.05, 0.1) is 12.8 Å². The molecule has 6 rings (SSSR count). The first kappa shape index (κ1) is 23.7. The molecule has 0 unspecified atom stereocenters. The maximum atomic E-state index is 14.0. The van der Waals surface area contributed by atoms with Crippen molar-refractivity contribution in [2.75, 3.05) is 12.4 Å². The number of benzene rings is 3. The van der Waals surface area contributed by atoms with E-state index in [4.69, 9.17) is 27.9 Å². The van der Waals surface area contributed by atoms with Crippen LogP contribution in [-0.2, 0) is 13.0 Å². The van der Waals surface area contributed by atoms with Crippen LogP contribution in [0.15, 0.2) is 79.0 Å². The second-order valence-electron chi connectivity index (χ2n) is 9.22. The molecular weight excluding hydrogens is 505 g/mol. The minimum absolute atomic E-state index is 0.172. The normalized spacial score (nSPS) is 12.9. The number of aromatic nitrogens is 2. The molecule has 0 saturated carbocycles. The number of ether oxygens (including phenoxy) is 1. The number of imidazole rings is 1. The second-order valence-corrected chi connectivity index (χ2v) is 10.1. The predicted octanol–water partition coefficient (Wildman–Crippen LogP) is 7.98. The number of nitrogens with zero attached hydrogens (tertiary/aromatic N) is 2. The van der Waals surface area contributed by atoms with Crippen molar-refractivity contribution in [3.8, 4) is 28.1 Å². The Hall–Kier alpha value is -3.67. The number of rotatable bonds is 5. The van der Waals surface area contributed by atoms with Gasteiger partial charge in [0.15, 0.2) is 0 Å². The van der Waals surface area contributed by atoms with E-state index in [-0.39, 0.29) is 5.91 Å². The van der Waals surface area contributed by atoms with Crippen molar-refractivity contribution in [1.82, 2.24) is 8.97 Å². The summed E-state index contributed by atoms with van der Waals surface area (Å²) in [5.41, 5.74) is 7.63. The van der Waals surface area contributed by atoms with E-state index in [0.717, 1.165) is 59.6 Å². The van der Waals surface area contributed by atoms with E-state index < -0.39 is 0 Å². The lowest BCUT2D eigenvalue weighted by Crippen LogP contribution is -2.15. The topological polar surface area (TPSA) is 47.7 Å². The molecule has 1 amide bonds. The van der Waals surface area contributed by atoms with Gasteiger partial charge < -0.3 is 14.6 Å². The van der Waals surface area contributed by atoms with E-state index in [1.54, 1.807) is 19.2 Å². The minimum atomic E-state index is -0.172. The smallest absolute Gasteiger partial charge is 0.273 e. The maximum absolute atomic E-state index is 14.0. The van der Waals surface area contributed by atoms with Crippen LogP contribution < -0.4 is 10.1 Å². The average molecular weight is 530 g/mol. The van der Waals surface area contributed by atoms with Crippen LogP contribution in [-0.4, -0.2) is 22.0 Å². The van der Waals surface area contributed by atoms with Crippen LogP contribution in [0.1, 0.15) is 28.9 Å². The van der Waals surface area contributed by atoms with Gasteiger partial charge in [-0.25, -0.2) is 0 Å². The number of methoxy groups -OCH3 is 1. The van der Waals surface area contributed by atoms with E-state index >= 15 is 0 Å². The Bertz CT molecular complexity index is 1600. The zero-order valence-corrected chi connectivity index (χ0v) is 21.8. The number of halogens is 2. The summed E-state index contributed by atoms with van der Waals surface area (Å²) in [6, 6.07) is 23.0. The highest BCUT2D eigenvalue weighted by Crippen LogP contribution is 2.40. The predicted molar refractivity (Wildman–Crippen MR) is 150 cm³/mol. The van der Waals surface area contributed by atoms with Crippen molar-refractivity contribution in [3.05, 3.63) is 100 Å². The molecule has 3 heterocycles. The van der Waals surface area contributed by atoms with E-state index in [9.17, 15) is 4.79 Å². The van der Waals surface area contributed by atoms with Crippen molar-refractivity contribution in [1.29, 1.82) is 0 Å². The lowest BCUT2D eigenvalue weighted by Gasteiger charge is -2.11. The van der Waals surface area contributed by atoms with Crippen molar-refractivity contribution in [2.24, 2.45) is 0 Å². The molecule has 5 nitrogen and oxygen atoms in total. The number of hydrogen-bond donors (Lipinski definition) is 1.